The molecule has 0 aromatic heterocycles. The number of hydrogen-bond acceptors (Lipinski definition) is 26. The highest BCUT2D eigenvalue weighted by atomic mass is 32.2. The molecule has 0 fully saturated rings. The summed E-state index contributed by atoms with van der Waals surface area (Å²) in [5.41, 5.74) is 16.9. The van der Waals surface area contributed by atoms with Crippen molar-refractivity contribution in [3.63, 3.8) is 0 Å². The number of anilines is 6. The second kappa shape index (κ2) is 47.5. The first-order valence-electron chi connectivity index (χ1n) is 50.2. The molecular formula is C115H122N10O24S. The molecule has 8 aliphatic heterocycles. The molecule has 0 saturated carbocycles. The van der Waals surface area contributed by atoms with Gasteiger partial charge in [0.25, 0.3) is 33.7 Å². The molecule has 0 saturated heterocycles. The maximum absolute atomic E-state index is 14.1. The number of para-hydroxylation sites is 4. The monoisotopic (exact) mass is 2060 g/mol. The van der Waals surface area contributed by atoms with Crippen molar-refractivity contribution in [2.45, 2.75) is 213 Å². The first-order valence-corrected chi connectivity index (χ1v) is 52.0. The Morgan fingerprint density at radius 2 is 0.767 bits per heavy atom. The minimum atomic E-state index is -3.78. The number of methoxy groups -OCH3 is 5. The lowest BCUT2D eigenvalue weighted by atomic mass is 9.99. The Morgan fingerprint density at radius 3 is 1.17 bits per heavy atom. The van der Waals surface area contributed by atoms with Crippen LogP contribution in [0.2, 0.25) is 0 Å². The summed E-state index contributed by atoms with van der Waals surface area (Å²) in [6.07, 6.45) is 12.8. The van der Waals surface area contributed by atoms with Crippen molar-refractivity contribution in [2.24, 2.45) is 21.8 Å². The lowest BCUT2D eigenvalue weighted by Gasteiger charge is -2.23. The number of nitrogens with one attached hydrogen (secondary N) is 4. The molecule has 8 amide bonds. The quantitative estimate of drug-likeness (QED) is 0.0137. The molecule has 150 heavy (non-hydrogen) atoms. The molecule has 35 heteroatoms. The summed E-state index contributed by atoms with van der Waals surface area (Å²) in [5, 5.41) is 21.0. The first-order chi connectivity index (χ1) is 72.1. The highest BCUT2D eigenvalue weighted by molar-refractivity contribution is 7.85. The fraction of sp³-hybridized carbons (Fsp3) is 0.357. The van der Waals surface area contributed by atoms with E-state index in [1.165, 1.54) is 40.1 Å². The number of carbonyl (C=O) groups excluding carboxylic acids is 12. The van der Waals surface area contributed by atoms with Crippen LogP contribution in [0.15, 0.2) is 192 Å². The Bertz CT molecular complexity index is 7120. The molecule has 0 unspecified atom stereocenters. The maximum Gasteiger partial charge on any atom is 0.305 e. The summed E-state index contributed by atoms with van der Waals surface area (Å²) in [4.78, 5) is 172. The van der Waals surface area contributed by atoms with Crippen molar-refractivity contribution in [1.29, 1.82) is 0 Å². The zero-order valence-corrected chi connectivity index (χ0v) is 86.4. The fourth-order valence-electron chi connectivity index (χ4n) is 20.1. The van der Waals surface area contributed by atoms with E-state index in [9.17, 15) is 71.1 Å². The van der Waals surface area contributed by atoms with E-state index >= 15 is 0 Å². The van der Waals surface area contributed by atoms with Crippen LogP contribution in [0.5, 0.6) is 40.2 Å². The average Bonchev–Trinajstić information content (AvgIpc) is 1.62. The van der Waals surface area contributed by atoms with Crippen LogP contribution in [0.25, 0.3) is 0 Å². The standard InChI is InChI=1S/C57H59N5O10.C41H49N3O11S.C17H14N2O3/c1-33-20-45-46(58-30-43-26-40-13-7-9-15-48(40)62(43)57(45)68)29-50(33)71-31-36-22-37(24-41(23-36)60-55(66)34(2)21-49(63)35(3)59-53(64)16-10-11-17-54(65)70-5)32-72-52-27-38-18-19-42-25-39-12-6-8-14-47(39)61(42)56(67)44(38)28-51(52)69-4;1-25(16-35(45)26(2)42-38(46)12-8-9-13-39(47)53-4)40(48)43-31-18-27(17-28(19-31)24-55-56(5,50)51)23-54-37-21-29-14-15-32-20-30-10-6-7-11-34(30)44(32)41(49)33(29)22-36(37)52-3;1-22-16-7-12-13(8-15(16)20)18-9-11-6-10-4-2-3-5-14(10)19(11)17(12)21/h6-9,12-15,20,22-24,27-30,34-35,42-43H,10-11,16-19,21,25-26,31-32H2,1-5H3,(H,59,64)(H,60,66);6-7,10-11,17-19,21-22,25-26,32H,8-9,12-16,20,23-24H2,1-5H3,(H,42,46)(H,43,48);2-5,7-9,11,20H,6H2,1H3/t34-,35+,42-,43+;25-,26+,32-;11-/m110/s1. The van der Waals surface area contributed by atoms with Crippen LogP contribution in [0.3, 0.4) is 0 Å². The molecule has 0 spiro atoms. The molecule has 8 atom stereocenters. The Hall–Kier alpha value is -15.9. The Kier molecular flexibility index (Phi) is 33.8. The number of hydrogen-bond donors (Lipinski definition) is 5. The SMILES string of the molecule is COC(=O)CCCCC(=O)N[C@@H](C)C(=O)C[C@@H](C)C(=O)Nc1cc(COc2cc3c(cc2C)C(=O)N2c4ccccc4C[C@H]2C=N3)cc(COc2cc3c(cc2OC)C(=O)N2c4ccccc4C[C@H]2CC3)c1.COC(=O)CCCCC(=O)N[C@@H](C)C(=O)C[C@@H](C)C(=O)Nc1cc(COc2cc3c(cc2OC)C(=O)N2c4ccccc4C[C@H]2CC3)cc(COS(C)(=O)=O)c1.COc1cc2c(cc1O)N=C[C@@H]1Cc3ccccc3N1C2=O. The lowest BCUT2D eigenvalue weighted by Crippen LogP contribution is -2.39. The number of unbranched alkanes of at least 4 members (excludes halogenated alkanes) is 2. The van der Waals surface area contributed by atoms with Gasteiger partial charge in [0.05, 0.1) is 95.1 Å². The summed E-state index contributed by atoms with van der Waals surface area (Å²) in [6.45, 7) is 8.11. The van der Waals surface area contributed by atoms with Gasteiger partial charge < -0.3 is 74.1 Å². The molecule has 0 aliphatic carbocycles. The van der Waals surface area contributed by atoms with Crippen LogP contribution in [0, 0.1) is 18.8 Å². The predicted molar refractivity (Wildman–Crippen MR) is 564 cm³/mol. The van der Waals surface area contributed by atoms with Crippen molar-refractivity contribution in [3.05, 3.63) is 265 Å². The molecule has 34 nitrogen and oxygen atoms in total. The lowest BCUT2D eigenvalue weighted by molar-refractivity contribution is -0.141. The van der Waals surface area contributed by atoms with Crippen molar-refractivity contribution in [1.82, 2.24) is 10.6 Å². The fourth-order valence-corrected chi connectivity index (χ4v) is 20.5. The molecule has 10 aromatic rings. The Morgan fingerprint density at radius 1 is 0.407 bits per heavy atom. The van der Waals surface area contributed by atoms with Crippen LogP contribution in [0.1, 0.15) is 207 Å². The zero-order valence-electron chi connectivity index (χ0n) is 85.6. The van der Waals surface area contributed by atoms with E-state index in [0.717, 1.165) is 94.5 Å². The van der Waals surface area contributed by atoms with E-state index in [0.29, 0.717) is 141 Å². The number of ketones is 2. The maximum atomic E-state index is 14.1. The molecule has 782 valence electrons. The second-order valence-corrected chi connectivity index (χ2v) is 40.4. The topological polar surface area (TPSA) is 428 Å². The van der Waals surface area contributed by atoms with Crippen molar-refractivity contribution in [2.75, 3.05) is 72.0 Å². The summed E-state index contributed by atoms with van der Waals surface area (Å²) in [7, 11) is 3.33. The Labute approximate surface area is 870 Å². The van der Waals surface area contributed by atoms with Gasteiger partial charge in [0.2, 0.25) is 23.6 Å². The third kappa shape index (κ3) is 25.0. The highest BCUT2D eigenvalue weighted by Gasteiger charge is 2.43. The van der Waals surface area contributed by atoms with E-state index in [-0.39, 0.29) is 160 Å². The number of aliphatic imine (C=N–C) groups is 2. The van der Waals surface area contributed by atoms with Gasteiger partial charge in [-0.25, -0.2) is 0 Å². The summed E-state index contributed by atoms with van der Waals surface area (Å²) >= 11 is 0. The van der Waals surface area contributed by atoms with Gasteiger partial charge in [-0.3, -0.25) is 81.5 Å². The number of phenolic OH excluding ortho intramolecular Hbond substituents is 1. The largest absolute Gasteiger partial charge is 0.504 e. The van der Waals surface area contributed by atoms with Crippen molar-refractivity contribution < 1.29 is 113 Å². The highest BCUT2D eigenvalue weighted by Crippen LogP contribution is 2.47. The normalized spacial score (nSPS) is 16.7. The van der Waals surface area contributed by atoms with Crippen molar-refractivity contribution in [3.8, 4) is 40.2 Å². The van der Waals surface area contributed by atoms with Gasteiger partial charge >= 0.3 is 11.9 Å². The number of aromatic hydroxyl groups is 1. The van der Waals surface area contributed by atoms with E-state index in [1.807, 2.05) is 137 Å². The molecule has 0 radical (unpaired) electrons. The van der Waals surface area contributed by atoms with Gasteiger partial charge in [0.1, 0.15) is 25.6 Å². The number of benzene rings is 10. The number of rotatable bonds is 37. The number of esters is 2. The van der Waals surface area contributed by atoms with Crippen LogP contribution in [-0.2, 0) is 127 Å². The average molecular weight is 2060 g/mol. The molecular weight excluding hydrogens is 1940 g/mol. The number of carbonyl (C=O) groups is 12. The van der Waals surface area contributed by atoms with Crippen LogP contribution in [-0.4, -0.2) is 175 Å². The number of amides is 8. The van der Waals surface area contributed by atoms with Gasteiger partial charge in [-0.1, -0.05) is 86.6 Å². The summed E-state index contributed by atoms with van der Waals surface area (Å²) < 4.78 is 73.7. The van der Waals surface area contributed by atoms with Crippen molar-refractivity contribution >= 4 is 139 Å². The smallest absolute Gasteiger partial charge is 0.305 e. The van der Waals surface area contributed by atoms with E-state index in [4.69, 9.17) is 37.6 Å². The minimum Gasteiger partial charge on any atom is -0.504 e. The van der Waals surface area contributed by atoms with Crippen LogP contribution >= 0.6 is 0 Å². The van der Waals surface area contributed by atoms with Gasteiger partial charge in [-0.05, 0) is 243 Å². The molecule has 10 aromatic carbocycles. The number of nitrogens with zero attached hydrogens (tertiary/aromatic N) is 6. The second-order valence-electron chi connectivity index (χ2n) is 38.8. The van der Waals surface area contributed by atoms with Crippen LogP contribution < -0.4 is 69.3 Å². The van der Waals surface area contributed by atoms with E-state index in [1.54, 1.807) is 101 Å². The number of ether oxygens (including phenoxy) is 8. The van der Waals surface area contributed by atoms with Gasteiger partial charge in [0, 0.05) is 145 Å². The first kappa shape index (κ1) is 107. The summed E-state index contributed by atoms with van der Waals surface area (Å²) in [6, 6.07) is 54.2. The number of aryl methyl sites for hydroxylation is 3. The third-order valence-corrected chi connectivity index (χ3v) is 28.6. The number of fused-ring (bicyclic) bond motifs is 16. The molecule has 0 bridgehead atoms. The van der Waals surface area contributed by atoms with Gasteiger partial charge in [0.15, 0.2) is 46.1 Å². The van der Waals surface area contributed by atoms with E-state index < -0.39 is 45.9 Å². The van der Waals surface area contributed by atoms with Crippen LogP contribution in [0.4, 0.5) is 45.5 Å². The molecule has 5 N–H and O–H groups in total. The van der Waals surface area contributed by atoms with E-state index in [2.05, 4.69) is 47.9 Å². The molecule has 8 heterocycles. The number of Topliss-reactive ketones (excluding diaryl/α,β-unsaturated/α-hetero) is 2. The summed E-state index contributed by atoms with van der Waals surface area (Å²) in [5.74, 6) is -2.31. The number of phenols is 1. The van der Waals surface area contributed by atoms with Gasteiger partial charge in [-0.2, -0.15) is 8.42 Å². The predicted octanol–water partition coefficient (Wildman–Crippen LogP) is 16.5. The molecule has 18 rings (SSSR count). The zero-order chi connectivity index (χ0) is 106. The third-order valence-electron chi connectivity index (χ3n) is 28.0. The Balaban J connectivity index is 0.000000180. The van der Waals surface area contributed by atoms with Gasteiger partial charge in [-0.15, -0.1) is 0 Å². The minimum absolute atomic E-state index is 0.00521. The molecule has 8 aliphatic rings.